The van der Waals surface area contributed by atoms with Gasteiger partial charge in [0.2, 0.25) is 5.88 Å². The van der Waals surface area contributed by atoms with Crippen molar-refractivity contribution >= 4 is 34.3 Å². The van der Waals surface area contributed by atoms with Crippen molar-refractivity contribution in [3.8, 4) is 11.7 Å². The molecule has 0 aliphatic carbocycles. The lowest BCUT2D eigenvalue weighted by Gasteiger charge is -2.12. The standard InChI is InChI=1S/C22H17ClN4O2/c1-14-9-10-15(12-19(14)23)26-25-13-18-16-6-2-3-7-17(16)21(28)27(22(18)29)20-8-4-5-11-24-20/h2-13,26,29H,1H3/b25-13+. The number of halogens is 1. The quantitative estimate of drug-likeness (QED) is 0.387. The highest BCUT2D eigenvalue weighted by molar-refractivity contribution is 6.31. The van der Waals surface area contributed by atoms with Crippen LogP contribution in [0.25, 0.3) is 16.6 Å². The molecule has 0 amide bonds. The highest BCUT2D eigenvalue weighted by atomic mass is 35.5. The number of hydrogen-bond acceptors (Lipinski definition) is 5. The van der Waals surface area contributed by atoms with E-state index in [0.29, 0.717) is 32.9 Å². The molecule has 7 heteroatoms. The van der Waals surface area contributed by atoms with Gasteiger partial charge >= 0.3 is 0 Å². The number of anilines is 1. The molecule has 144 valence electrons. The van der Waals surface area contributed by atoms with Crippen LogP contribution in [0.1, 0.15) is 11.1 Å². The number of nitrogens with one attached hydrogen (secondary N) is 1. The van der Waals surface area contributed by atoms with E-state index in [2.05, 4.69) is 15.5 Å². The Hall–Kier alpha value is -3.64. The van der Waals surface area contributed by atoms with Crippen molar-refractivity contribution in [2.45, 2.75) is 6.92 Å². The zero-order chi connectivity index (χ0) is 20.4. The van der Waals surface area contributed by atoms with Crippen LogP contribution in [0.3, 0.4) is 0 Å². The van der Waals surface area contributed by atoms with Crippen molar-refractivity contribution in [1.29, 1.82) is 0 Å². The number of hydrogen-bond donors (Lipinski definition) is 2. The lowest BCUT2D eigenvalue weighted by Crippen LogP contribution is -2.21. The molecule has 6 nitrogen and oxygen atoms in total. The monoisotopic (exact) mass is 404 g/mol. The van der Waals surface area contributed by atoms with Crippen LogP contribution in [-0.2, 0) is 0 Å². The average Bonchev–Trinajstić information content (AvgIpc) is 2.74. The van der Waals surface area contributed by atoms with Gasteiger partial charge in [-0.3, -0.25) is 10.2 Å². The minimum atomic E-state index is -0.354. The lowest BCUT2D eigenvalue weighted by atomic mass is 10.1. The van der Waals surface area contributed by atoms with Crippen LogP contribution in [0.5, 0.6) is 5.88 Å². The summed E-state index contributed by atoms with van der Waals surface area (Å²) in [7, 11) is 0. The van der Waals surface area contributed by atoms with Gasteiger partial charge in [-0.25, -0.2) is 9.55 Å². The van der Waals surface area contributed by atoms with Gasteiger partial charge in [-0.2, -0.15) is 5.10 Å². The first-order chi connectivity index (χ1) is 14.1. The Kier molecular flexibility index (Phi) is 5.01. The van der Waals surface area contributed by atoms with Gasteiger partial charge in [-0.1, -0.05) is 41.9 Å². The average molecular weight is 405 g/mol. The van der Waals surface area contributed by atoms with Crippen LogP contribution in [0.15, 0.2) is 76.8 Å². The Morgan fingerprint density at radius 2 is 1.86 bits per heavy atom. The van der Waals surface area contributed by atoms with Gasteiger partial charge < -0.3 is 5.11 Å². The molecule has 4 rings (SSSR count). The molecule has 2 aromatic carbocycles. The molecule has 0 fully saturated rings. The number of benzene rings is 2. The molecule has 0 spiro atoms. The molecule has 0 radical (unpaired) electrons. The van der Waals surface area contributed by atoms with Crippen molar-refractivity contribution in [2.75, 3.05) is 5.43 Å². The van der Waals surface area contributed by atoms with Crippen molar-refractivity contribution in [3.05, 3.63) is 93.4 Å². The molecule has 0 bridgehead atoms. The normalized spacial score (nSPS) is 11.2. The van der Waals surface area contributed by atoms with E-state index in [-0.39, 0.29) is 11.4 Å². The minimum Gasteiger partial charge on any atom is -0.494 e. The van der Waals surface area contributed by atoms with E-state index in [4.69, 9.17) is 11.6 Å². The van der Waals surface area contributed by atoms with Crippen LogP contribution in [-0.4, -0.2) is 20.9 Å². The summed E-state index contributed by atoms with van der Waals surface area (Å²) in [6, 6.07) is 17.7. The summed E-state index contributed by atoms with van der Waals surface area (Å²) in [6.45, 7) is 1.92. The lowest BCUT2D eigenvalue weighted by molar-refractivity contribution is 0.435. The molecule has 2 aromatic heterocycles. The van der Waals surface area contributed by atoms with Gasteiger partial charge in [0.15, 0.2) is 0 Å². The van der Waals surface area contributed by atoms with Gasteiger partial charge in [0.25, 0.3) is 5.56 Å². The fourth-order valence-electron chi connectivity index (χ4n) is 3.02. The fourth-order valence-corrected chi connectivity index (χ4v) is 3.20. The number of rotatable bonds is 4. The molecule has 2 heterocycles. The number of fused-ring (bicyclic) bond motifs is 1. The first kappa shape index (κ1) is 18.7. The maximum absolute atomic E-state index is 13.0. The topological polar surface area (TPSA) is 79.5 Å². The molecule has 0 saturated carbocycles. The van der Waals surface area contributed by atoms with Gasteiger partial charge in [0.05, 0.1) is 17.5 Å². The van der Waals surface area contributed by atoms with E-state index in [1.54, 1.807) is 54.7 Å². The summed E-state index contributed by atoms with van der Waals surface area (Å²) >= 11 is 6.14. The highest BCUT2D eigenvalue weighted by Gasteiger charge is 2.16. The maximum atomic E-state index is 13.0. The molecule has 0 aliphatic rings. The van der Waals surface area contributed by atoms with Crippen LogP contribution < -0.4 is 11.0 Å². The second-order valence-electron chi connectivity index (χ2n) is 6.45. The van der Waals surface area contributed by atoms with Gasteiger partial charge in [-0.05, 0) is 42.8 Å². The summed E-state index contributed by atoms with van der Waals surface area (Å²) in [5, 5.41) is 16.8. The Labute approximate surface area is 171 Å². The number of aromatic hydroxyl groups is 1. The van der Waals surface area contributed by atoms with Gasteiger partial charge in [-0.15, -0.1) is 0 Å². The maximum Gasteiger partial charge on any atom is 0.267 e. The van der Waals surface area contributed by atoms with Gasteiger partial charge in [0.1, 0.15) is 5.82 Å². The van der Waals surface area contributed by atoms with E-state index < -0.39 is 0 Å². The molecule has 0 saturated heterocycles. The first-order valence-electron chi connectivity index (χ1n) is 8.89. The number of aryl methyl sites for hydroxylation is 1. The third-order valence-corrected chi connectivity index (χ3v) is 4.95. The summed E-state index contributed by atoms with van der Waals surface area (Å²) in [6.07, 6.45) is 3.04. The Morgan fingerprint density at radius 1 is 1.10 bits per heavy atom. The largest absolute Gasteiger partial charge is 0.494 e. The van der Waals surface area contributed by atoms with Crippen molar-refractivity contribution in [1.82, 2.24) is 9.55 Å². The zero-order valence-electron chi connectivity index (χ0n) is 15.5. The summed E-state index contributed by atoms with van der Waals surface area (Å²) < 4.78 is 1.17. The minimum absolute atomic E-state index is 0.236. The molecular weight excluding hydrogens is 388 g/mol. The van der Waals surface area contributed by atoms with E-state index in [1.807, 2.05) is 19.1 Å². The zero-order valence-corrected chi connectivity index (χ0v) is 16.3. The molecule has 0 unspecified atom stereocenters. The van der Waals surface area contributed by atoms with E-state index in [0.717, 1.165) is 5.56 Å². The SMILES string of the molecule is Cc1ccc(N/N=C/c2c(O)n(-c3ccccn3)c(=O)c3ccccc23)cc1Cl. The van der Waals surface area contributed by atoms with Gasteiger partial charge in [0, 0.05) is 22.0 Å². The summed E-state index contributed by atoms with van der Waals surface area (Å²) in [5.74, 6) is 0.0913. The van der Waals surface area contributed by atoms with E-state index in [1.165, 1.54) is 10.8 Å². The highest BCUT2D eigenvalue weighted by Crippen LogP contribution is 2.25. The number of aromatic nitrogens is 2. The number of pyridine rings is 2. The summed E-state index contributed by atoms with van der Waals surface area (Å²) in [5.41, 5.74) is 4.62. The van der Waals surface area contributed by atoms with Crippen LogP contribution >= 0.6 is 11.6 Å². The molecule has 2 N–H and O–H groups in total. The molecule has 0 atom stereocenters. The molecule has 4 aromatic rings. The molecule has 0 aliphatic heterocycles. The molecule has 29 heavy (non-hydrogen) atoms. The Balaban J connectivity index is 1.83. The summed E-state index contributed by atoms with van der Waals surface area (Å²) in [4.78, 5) is 17.1. The van der Waals surface area contributed by atoms with Crippen LogP contribution in [0.4, 0.5) is 5.69 Å². The van der Waals surface area contributed by atoms with E-state index in [9.17, 15) is 9.90 Å². The van der Waals surface area contributed by atoms with Crippen molar-refractivity contribution in [3.63, 3.8) is 0 Å². The van der Waals surface area contributed by atoms with Crippen LogP contribution in [0, 0.1) is 6.92 Å². The van der Waals surface area contributed by atoms with E-state index >= 15 is 0 Å². The second kappa shape index (κ2) is 7.77. The molecular formula is C22H17ClN4O2. The third kappa shape index (κ3) is 3.58. The Bertz CT molecular complexity index is 1280. The van der Waals surface area contributed by atoms with Crippen LogP contribution in [0.2, 0.25) is 5.02 Å². The predicted molar refractivity (Wildman–Crippen MR) is 116 cm³/mol. The predicted octanol–water partition coefficient (Wildman–Crippen LogP) is 4.50. The second-order valence-corrected chi connectivity index (χ2v) is 6.85. The number of nitrogens with zero attached hydrogens (tertiary/aromatic N) is 3. The van der Waals surface area contributed by atoms with Crippen molar-refractivity contribution in [2.24, 2.45) is 5.10 Å². The smallest absolute Gasteiger partial charge is 0.267 e. The third-order valence-electron chi connectivity index (χ3n) is 4.54. The Morgan fingerprint density at radius 3 is 2.59 bits per heavy atom. The number of hydrazone groups is 1. The van der Waals surface area contributed by atoms with Crippen molar-refractivity contribution < 1.29 is 5.11 Å². The first-order valence-corrected chi connectivity index (χ1v) is 9.27. The fraction of sp³-hybridized carbons (Fsp3) is 0.0455.